The second-order valence-corrected chi connectivity index (χ2v) is 4.07. The Labute approximate surface area is 83.8 Å². The number of H-pyrrole nitrogens is 1. The van der Waals surface area contributed by atoms with Crippen LogP contribution in [0.3, 0.4) is 0 Å². The Hall–Kier alpha value is -1.09. The van der Waals surface area contributed by atoms with Gasteiger partial charge in [0.1, 0.15) is 0 Å². The van der Waals surface area contributed by atoms with Crippen LogP contribution in [0.2, 0.25) is 0 Å². The minimum atomic E-state index is -0.00750. The third-order valence-corrected chi connectivity index (χ3v) is 3.05. The van der Waals surface area contributed by atoms with E-state index >= 15 is 0 Å². The Morgan fingerprint density at radius 2 is 2.36 bits per heavy atom. The first kappa shape index (κ1) is 9.46. The summed E-state index contributed by atoms with van der Waals surface area (Å²) in [6.07, 6.45) is 4.31. The predicted molar refractivity (Wildman–Crippen MR) is 56.4 cm³/mol. The molecule has 0 aliphatic carbocycles. The van der Waals surface area contributed by atoms with Crippen LogP contribution >= 0.6 is 0 Å². The summed E-state index contributed by atoms with van der Waals surface area (Å²) in [5.74, 6) is 0. The summed E-state index contributed by atoms with van der Waals surface area (Å²) in [5, 5.41) is 0. The monoisotopic (exact) mass is 192 g/mol. The maximum absolute atomic E-state index is 11.1. The lowest BCUT2D eigenvalue weighted by atomic mass is 10.0. The number of aryl methyl sites for hydroxylation is 1. The molecule has 0 saturated carbocycles. The Morgan fingerprint density at radius 1 is 1.57 bits per heavy atom. The van der Waals surface area contributed by atoms with E-state index in [1.165, 1.54) is 18.4 Å². The minimum absolute atomic E-state index is 0.00750. The molecule has 1 saturated heterocycles. The smallest absolute Gasteiger partial charge is 0.248 e. The zero-order valence-corrected chi connectivity index (χ0v) is 8.71. The van der Waals surface area contributed by atoms with Gasteiger partial charge in [-0.25, -0.2) is 0 Å². The summed E-state index contributed by atoms with van der Waals surface area (Å²) in [6.45, 7) is 3.17. The Balaban J connectivity index is 2.36. The van der Waals surface area contributed by atoms with Crippen molar-refractivity contribution in [1.82, 2.24) is 9.88 Å². The van der Waals surface area contributed by atoms with Crippen LogP contribution in [0.1, 0.15) is 30.0 Å². The van der Waals surface area contributed by atoms with Crippen LogP contribution in [0.4, 0.5) is 0 Å². The number of hydrogen-bond donors (Lipinski definition) is 1. The van der Waals surface area contributed by atoms with Gasteiger partial charge < -0.3 is 4.98 Å². The quantitative estimate of drug-likeness (QED) is 0.731. The maximum atomic E-state index is 11.1. The van der Waals surface area contributed by atoms with Gasteiger partial charge in [0.05, 0.1) is 0 Å². The van der Waals surface area contributed by atoms with Crippen molar-refractivity contribution in [3.63, 3.8) is 0 Å². The fourth-order valence-corrected chi connectivity index (χ4v) is 2.25. The van der Waals surface area contributed by atoms with Crippen LogP contribution in [0.15, 0.2) is 17.1 Å². The molecule has 1 aromatic rings. The minimum Gasteiger partial charge on any atom is -0.329 e. The molecule has 1 N–H and O–H groups in total. The lowest BCUT2D eigenvalue weighted by Crippen LogP contribution is -2.19. The molecule has 3 nitrogen and oxygen atoms in total. The van der Waals surface area contributed by atoms with E-state index in [0.717, 1.165) is 12.1 Å². The van der Waals surface area contributed by atoms with Crippen molar-refractivity contribution in [3.05, 3.63) is 33.7 Å². The Morgan fingerprint density at radius 3 is 2.93 bits per heavy atom. The van der Waals surface area contributed by atoms with Crippen molar-refractivity contribution in [2.24, 2.45) is 0 Å². The van der Waals surface area contributed by atoms with Gasteiger partial charge in [0.25, 0.3) is 0 Å². The summed E-state index contributed by atoms with van der Waals surface area (Å²) >= 11 is 0. The average Bonchev–Trinajstić information content (AvgIpc) is 2.52. The average molecular weight is 192 g/mol. The normalized spacial score (nSPS) is 22.9. The van der Waals surface area contributed by atoms with E-state index in [1.54, 1.807) is 6.07 Å². The molecule has 0 aromatic carbocycles. The fourth-order valence-electron chi connectivity index (χ4n) is 2.25. The predicted octanol–water partition coefficient (Wildman–Crippen LogP) is 1.45. The summed E-state index contributed by atoms with van der Waals surface area (Å²) in [7, 11) is 2.14. The first-order valence-electron chi connectivity index (χ1n) is 5.08. The number of nitrogens with zero attached hydrogens (tertiary/aromatic N) is 1. The van der Waals surface area contributed by atoms with Gasteiger partial charge in [-0.15, -0.1) is 0 Å². The molecular formula is C11H16N2O. The second kappa shape index (κ2) is 3.58. The molecule has 0 bridgehead atoms. The molecule has 0 spiro atoms. The van der Waals surface area contributed by atoms with E-state index in [1.807, 2.05) is 13.1 Å². The van der Waals surface area contributed by atoms with Crippen molar-refractivity contribution < 1.29 is 0 Å². The Kier molecular flexibility index (Phi) is 2.42. The van der Waals surface area contributed by atoms with Gasteiger partial charge in [-0.2, -0.15) is 0 Å². The highest BCUT2D eigenvalue weighted by Crippen LogP contribution is 2.30. The highest BCUT2D eigenvalue weighted by atomic mass is 16.1. The zero-order chi connectivity index (χ0) is 10.1. The van der Waals surface area contributed by atoms with Crippen LogP contribution in [0.25, 0.3) is 0 Å². The lowest BCUT2D eigenvalue weighted by Gasteiger charge is -2.20. The summed E-state index contributed by atoms with van der Waals surface area (Å²) in [6, 6.07) is 2.17. The molecule has 2 heterocycles. The molecule has 1 fully saturated rings. The van der Waals surface area contributed by atoms with Gasteiger partial charge in [-0.05, 0) is 44.5 Å². The first-order chi connectivity index (χ1) is 6.68. The van der Waals surface area contributed by atoms with Crippen molar-refractivity contribution in [2.75, 3.05) is 13.6 Å². The molecule has 0 amide bonds. The third-order valence-electron chi connectivity index (χ3n) is 3.05. The largest absolute Gasteiger partial charge is 0.329 e. The first-order valence-corrected chi connectivity index (χ1v) is 5.08. The van der Waals surface area contributed by atoms with Crippen molar-refractivity contribution >= 4 is 0 Å². The summed E-state index contributed by atoms with van der Waals surface area (Å²) in [5.41, 5.74) is 2.36. The number of rotatable bonds is 1. The van der Waals surface area contributed by atoms with E-state index in [4.69, 9.17) is 0 Å². The fraction of sp³-hybridized carbons (Fsp3) is 0.545. The van der Waals surface area contributed by atoms with Crippen LogP contribution in [-0.4, -0.2) is 23.5 Å². The van der Waals surface area contributed by atoms with Crippen molar-refractivity contribution in [1.29, 1.82) is 0 Å². The number of nitrogens with one attached hydrogen (secondary N) is 1. The number of pyridine rings is 1. The molecule has 3 heteroatoms. The van der Waals surface area contributed by atoms with E-state index < -0.39 is 0 Å². The van der Waals surface area contributed by atoms with Crippen LogP contribution in [0, 0.1) is 6.92 Å². The molecule has 0 unspecified atom stereocenters. The number of aromatic amines is 1. The SMILES string of the molecule is Cc1cc(=O)[nH]cc1[C@H]1CCCN1C. The number of aromatic nitrogens is 1. The molecular weight excluding hydrogens is 176 g/mol. The molecule has 76 valence electrons. The molecule has 2 rings (SSSR count). The lowest BCUT2D eigenvalue weighted by molar-refractivity contribution is 0.316. The van der Waals surface area contributed by atoms with E-state index in [-0.39, 0.29) is 5.56 Å². The van der Waals surface area contributed by atoms with Gasteiger partial charge >= 0.3 is 0 Å². The van der Waals surface area contributed by atoms with Gasteiger partial charge in [0.15, 0.2) is 0 Å². The highest BCUT2D eigenvalue weighted by Gasteiger charge is 2.23. The molecule has 1 aromatic heterocycles. The van der Waals surface area contributed by atoms with Crippen molar-refractivity contribution in [3.8, 4) is 0 Å². The zero-order valence-electron chi connectivity index (χ0n) is 8.71. The van der Waals surface area contributed by atoms with E-state index in [9.17, 15) is 4.79 Å². The van der Waals surface area contributed by atoms with Crippen LogP contribution in [-0.2, 0) is 0 Å². The third kappa shape index (κ3) is 1.60. The van der Waals surface area contributed by atoms with E-state index in [0.29, 0.717) is 6.04 Å². The summed E-state index contributed by atoms with van der Waals surface area (Å²) < 4.78 is 0. The molecule has 1 atom stereocenters. The van der Waals surface area contributed by atoms with Gasteiger partial charge in [-0.1, -0.05) is 0 Å². The van der Waals surface area contributed by atoms with Crippen LogP contribution < -0.4 is 5.56 Å². The number of hydrogen-bond acceptors (Lipinski definition) is 2. The molecule has 1 aliphatic rings. The highest BCUT2D eigenvalue weighted by molar-refractivity contribution is 5.25. The molecule has 14 heavy (non-hydrogen) atoms. The number of likely N-dealkylation sites (tertiary alicyclic amines) is 1. The topological polar surface area (TPSA) is 36.1 Å². The van der Waals surface area contributed by atoms with Crippen molar-refractivity contribution in [2.45, 2.75) is 25.8 Å². The Bertz CT molecular complexity index is 383. The van der Waals surface area contributed by atoms with E-state index in [2.05, 4.69) is 16.9 Å². The standard InChI is InChI=1S/C11H16N2O/c1-8-6-11(14)12-7-9(8)10-4-3-5-13(10)2/h6-7,10H,3-5H2,1-2H3,(H,12,14)/t10-/m1/s1. The van der Waals surface area contributed by atoms with Gasteiger partial charge in [0, 0.05) is 18.3 Å². The van der Waals surface area contributed by atoms with Crippen LogP contribution in [0.5, 0.6) is 0 Å². The second-order valence-electron chi connectivity index (χ2n) is 4.07. The van der Waals surface area contributed by atoms with Gasteiger partial charge in [0.2, 0.25) is 5.56 Å². The maximum Gasteiger partial charge on any atom is 0.248 e. The molecule has 1 aliphatic heterocycles. The van der Waals surface area contributed by atoms with Gasteiger partial charge in [-0.3, -0.25) is 9.69 Å². The summed E-state index contributed by atoms with van der Waals surface area (Å²) in [4.78, 5) is 16.2. The molecule has 0 radical (unpaired) electrons.